The first-order valence-electron chi connectivity index (χ1n) is 13.3. The summed E-state index contributed by atoms with van der Waals surface area (Å²) < 4.78 is 44.2. The van der Waals surface area contributed by atoms with Gasteiger partial charge in [0.25, 0.3) is 0 Å². The number of allylic oxidation sites excluding steroid dienone is 2. The van der Waals surface area contributed by atoms with Crippen LogP contribution in [-0.2, 0) is 19.8 Å². The molecule has 4 aliphatic rings. The number of hydrogen-bond acceptors (Lipinski definition) is 3. The Morgan fingerprint density at radius 2 is 1.07 bits per heavy atom. The maximum absolute atomic E-state index is 15.7. The van der Waals surface area contributed by atoms with E-state index in [4.69, 9.17) is 0 Å². The molecule has 2 heterocycles. The zero-order chi connectivity index (χ0) is 26.9. The highest BCUT2D eigenvalue weighted by molar-refractivity contribution is 8.01. The van der Waals surface area contributed by atoms with Gasteiger partial charge in [-0.3, -0.25) is 0 Å². The lowest BCUT2D eigenvalue weighted by Gasteiger charge is -2.34. The third-order valence-electron chi connectivity index (χ3n) is 9.04. The number of hydrogen-bond donors (Lipinski definition) is 0. The number of rotatable bonds is 1. The minimum absolute atomic E-state index is 0.345. The highest BCUT2D eigenvalue weighted by Crippen LogP contribution is 2.77. The largest absolute Gasteiger partial charge is 0.309 e. The minimum atomic E-state index is -3.76. The molecule has 2 atom stereocenters. The maximum Gasteiger partial charge on any atom is 0.208 e. The Hall–Kier alpha value is -4.24. The molecular formula is C35H21O3PS. The topological polar surface area (TPSA) is 51.2 Å². The van der Waals surface area contributed by atoms with Crippen LogP contribution in [0.15, 0.2) is 132 Å². The predicted molar refractivity (Wildman–Crippen MR) is 161 cm³/mol. The lowest BCUT2D eigenvalue weighted by molar-refractivity contribution is 0.593. The molecule has 5 heteroatoms. The van der Waals surface area contributed by atoms with E-state index in [0.717, 1.165) is 60.5 Å². The molecule has 0 saturated carbocycles. The van der Waals surface area contributed by atoms with Gasteiger partial charge in [-0.1, -0.05) is 121 Å². The van der Waals surface area contributed by atoms with E-state index in [1.807, 2.05) is 91.0 Å². The van der Waals surface area contributed by atoms with E-state index in [9.17, 15) is 8.42 Å². The van der Waals surface area contributed by atoms with Crippen molar-refractivity contribution in [1.82, 2.24) is 0 Å². The van der Waals surface area contributed by atoms with Crippen LogP contribution in [0.2, 0.25) is 0 Å². The van der Waals surface area contributed by atoms with Gasteiger partial charge in [-0.25, -0.2) is 8.42 Å². The van der Waals surface area contributed by atoms with Crippen molar-refractivity contribution in [2.24, 2.45) is 0 Å². The van der Waals surface area contributed by atoms with Crippen LogP contribution in [0.1, 0.15) is 33.4 Å². The molecule has 0 aromatic heterocycles. The van der Waals surface area contributed by atoms with E-state index in [-0.39, 0.29) is 0 Å². The van der Waals surface area contributed by atoms with Crippen molar-refractivity contribution >= 4 is 49.0 Å². The van der Waals surface area contributed by atoms with Gasteiger partial charge in [-0.2, -0.15) is 0 Å². The second-order valence-electron chi connectivity index (χ2n) is 10.7. The average molecular weight is 553 g/mol. The van der Waals surface area contributed by atoms with Gasteiger partial charge >= 0.3 is 0 Å². The third-order valence-corrected chi connectivity index (χ3v) is 14.1. The summed E-state index contributed by atoms with van der Waals surface area (Å²) in [5, 5.41) is 2.45. The summed E-state index contributed by atoms with van der Waals surface area (Å²) in [5.74, 6) is 0. The molecule has 5 aromatic rings. The number of sulfone groups is 1. The molecule has 2 aliphatic carbocycles. The SMILES string of the molecule is O=P1(c2ccccc2)C2=C(c3ccccc31)C1(C3=C(c4ccccc41)S(=O)(=O)c1ccccc13)c1ccccc12. The smallest absolute Gasteiger partial charge is 0.208 e. The molecule has 9 rings (SSSR count). The fourth-order valence-electron chi connectivity index (χ4n) is 7.71. The van der Waals surface area contributed by atoms with Gasteiger partial charge in [0.15, 0.2) is 7.14 Å². The molecule has 2 unspecified atom stereocenters. The van der Waals surface area contributed by atoms with Crippen molar-refractivity contribution in [3.63, 3.8) is 0 Å². The van der Waals surface area contributed by atoms with Crippen molar-refractivity contribution in [3.05, 3.63) is 161 Å². The molecule has 0 fully saturated rings. The molecular weight excluding hydrogens is 531 g/mol. The standard InChI is InChI=1S/C35H21O3PS/c36-39(22-12-2-1-3-13-22)29-20-10-6-16-25(29)31-33(39)23-14-4-8-18-27(23)35(31)28-19-9-5-15-24(28)34-32(35)26-17-7-11-21-30(26)40(34,37)38/h1-21H. The molecule has 0 bridgehead atoms. The number of benzene rings is 5. The first-order chi connectivity index (χ1) is 19.5. The van der Waals surface area contributed by atoms with Crippen LogP contribution in [0, 0.1) is 0 Å². The molecule has 1 spiro atoms. The van der Waals surface area contributed by atoms with Crippen molar-refractivity contribution in [3.8, 4) is 0 Å². The zero-order valence-electron chi connectivity index (χ0n) is 21.2. The predicted octanol–water partition coefficient (Wildman–Crippen LogP) is 6.85. The first-order valence-corrected chi connectivity index (χ1v) is 16.5. The van der Waals surface area contributed by atoms with E-state index < -0.39 is 22.4 Å². The number of fused-ring (bicyclic) bond motifs is 12. The highest BCUT2D eigenvalue weighted by Gasteiger charge is 2.64. The van der Waals surface area contributed by atoms with Crippen molar-refractivity contribution < 1.29 is 13.0 Å². The normalized spacial score (nSPS) is 24.0. The summed E-state index contributed by atoms with van der Waals surface area (Å²) in [5.41, 5.74) is 6.11. The van der Waals surface area contributed by atoms with Crippen molar-refractivity contribution in [1.29, 1.82) is 0 Å². The van der Waals surface area contributed by atoms with E-state index in [1.54, 1.807) is 12.1 Å². The van der Waals surface area contributed by atoms with Crippen molar-refractivity contribution in [2.45, 2.75) is 10.3 Å². The Balaban J connectivity index is 1.54. The molecule has 5 aromatic carbocycles. The summed E-state index contributed by atoms with van der Waals surface area (Å²) in [7, 11) is -7.05. The van der Waals surface area contributed by atoms with Crippen LogP contribution in [0.25, 0.3) is 21.4 Å². The molecule has 0 saturated heterocycles. The summed E-state index contributed by atoms with van der Waals surface area (Å²) in [6.07, 6.45) is 0. The van der Waals surface area contributed by atoms with E-state index in [2.05, 4.69) is 24.3 Å². The maximum atomic E-state index is 15.7. The molecule has 40 heavy (non-hydrogen) atoms. The zero-order valence-corrected chi connectivity index (χ0v) is 22.9. The second kappa shape index (κ2) is 7.28. The van der Waals surface area contributed by atoms with Gasteiger partial charge in [-0.05, 0) is 50.6 Å². The second-order valence-corrected chi connectivity index (χ2v) is 15.2. The van der Waals surface area contributed by atoms with Crippen LogP contribution in [0.4, 0.5) is 0 Å². The van der Waals surface area contributed by atoms with Gasteiger partial charge in [-0.15, -0.1) is 0 Å². The lowest BCUT2D eigenvalue weighted by atomic mass is 9.66. The van der Waals surface area contributed by atoms with Gasteiger partial charge in [0.05, 0.1) is 15.2 Å². The van der Waals surface area contributed by atoms with Gasteiger partial charge in [0, 0.05) is 15.9 Å². The molecule has 0 N–H and O–H groups in total. The van der Waals surface area contributed by atoms with Gasteiger partial charge in [0.1, 0.15) is 0 Å². The molecule has 2 aliphatic heterocycles. The Bertz CT molecular complexity index is 2210. The lowest BCUT2D eigenvalue weighted by Crippen LogP contribution is -2.28. The molecule has 0 amide bonds. The van der Waals surface area contributed by atoms with E-state index in [1.165, 1.54) is 0 Å². The monoisotopic (exact) mass is 552 g/mol. The Morgan fingerprint density at radius 1 is 0.525 bits per heavy atom. The Kier molecular flexibility index (Phi) is 4.11. The van der Waals surface area contributed by atoms with Gasteiger partial charge < -0.3 is 4.57 Å². The van der Waals surface area contributed by atoms with Gasteiger partial charge in [0.2, 0.25) is 9.84 Å². The fraction of sp³-hybridized carbons (Fsp3) is 0.0286. The van der Waals surface area contributed by atoms with Crippen LogP contribution in [0.3, 0.4) is 0 Å². The van der Waals surface area contributed by atoms with Crippen LogP contribution in [0.5, 0.6) is 0 Å². The quantitative estimate of drug-likeness (QED) is 0.214. The molecule has 0 radical (unpaired) electrons. The summed E-state index contributed by atoms with van der Waals surface area (Å²) >= 11 is 0. The summed E-state index contributed by atoms with van der Waals surface area (Å²) in [6, 6.07) is 41.2. The van der Waals surface area contributed by atoms with E-state index >= 15 is 4.57 Å². The fourth-order valence-corrected chi connectivity index (χ4v) is 13.0. The average Bonchev–Trinajstić information content (AvgIpc) is 3.65. The van der Waals surface area contributed by atoms with E-state index in [0.29, 0.717) is 9.80 Å². The van der Waals surface area contributed by atoms with Crippen LogP contribution in [-0.4, -0.2) is 8.42 Å². The Labute approximate surface area is 232 Å². The highest BCUT2D eigenvalue weighted by atomic mass is 32.2. The third kappa shape index (κ3) is 2.29. The summed E-state index contributed by atoms with van der Waals surface area (Å²) in [4.78, 5) is 0.727. The molecule has 190 valence electrons. The van der Waals surface area contributed by atoms with Crippen molar-refractivity contribution in [2.75, 3.05) is 0 Å². The summed E-state index contributed by atoms with van der Waals surface area (Å²) in [6.45, 7) is 0. The Morgan fingerprint density at radius 3 is 1.82 bits per heavy atom. The van der Waals surface area contributed by atoms with Crippen LogP contribution < -0.4 is 10.6 Å². The minimum Gasteiger partial charge on any atom is -0.309 e. The molecule has 3 nitrogen and oxygen atoms in total. The first kappa shape index (κ1) is 22.6. The van der Waals surface area contributed by atoms with Crippen LogP contribution >= 0.6 is 7.14 Å².